The summed E-state index contributed by atoms with van der Waals surface area (Å²) in [4.78, 5) is 2.61. The molecule has 1 aromatic rings. The van der Waals surface area contributed by atoms with Crippen LogP contribution in [0.25, 0.3) is 0 Å². The van der Waals surface area contributed by atoms with Crippen molar-refractivity contribution in [3.63, 3.8) is 0 Å². The summed E-state index contributed by atoms with van der Waals surface area (Å²) in [7, 11) is 0. The summed E-state index contributed by atoms with van der Waals surface area (Å²) in [5.74, 6) is -0.124. The molecule has 1 N–H and O–H groups in total. The molecule has 2 unspecified atom stereocenters. The van der Waals surface area contributed by atoms with Crippen molar-refractivity contribution in [2.45, 2.75) is 50.9 Å². The maximum Gasteiger partial charge on any atom is 0.127 e. The Labute approximate surface area is 122 Å². The van der Waals surface area contributed by atoms with Gasteiger partial charge in [0.25, 0.3) is 0 Å². The van der Waals surface area contributed by atoms with Crippen molar-refractivity contribution in [3.8, 4) is 0 Å². The third-order valence-corrected chi connectivity index (χ3v) is 4.72. The van der Waals surface area contributed by atoms with E-state index in [9.17, 15) is 4.39 Å². The zero-order valence-electron chi connectivity index (χ0n) is 11.2. The topological polar surface area (TPSA) is 15.3 Å². The number of hydrogen-bond donors (Lipinski definition) is 1. The summed E-state index contributed by atoms with van der Waals surface area (Å²) in [5, 5.41) is 3.51. The summed E-state index contributed by atoms with van der Waals surface area (Å²) in [6.45, 7) is 4.03. The molecule has 1 saturated heterocycles. The Kier molecular flexibility index (Phi) is 3.92. The van der Waals surface area contributed by atoms with Crippen LogP contribution in [0.3, 0.4) is 0 Å². The van der Waals surface area contributed by atoms with Gasteiger partial charge in [-0.05, 0) is 44.4 Å². The molecule has 1 aromatic carbocycles. The molecular weight excluding hydrogens is 307 g/mol. The second kappa shape index (κ2) is 5.51. The number of rotatable bonds is 4. The quantitative estimate of drug-likeness (QED) is 0.913. The Morgan fingerprint density at radius 2 is 2.21 bits per heavy atom. The zero-order valence-corrected chi connectivity index (χ0v) is 12.8. The van der Waals surface area contributed by atoms with Crippen LogP contribution in [-0.4, -0.2) is 29.6 Å². The van der Waals surface area contributed by atoms with Crippen LogP contribution in [0.1, 0.15) is 31.7 Å². The molecule has 19 heavy (non-hydrogen) atoms. The highest BCUT2D eigenvalue weighted by Gasteiger charge is 2.38. The lowest BCUT2D eigenvalue weighted by molar-refractivity contribution is 0.255. The highest BCUT2D eigenvalue weighted by atomic mass is 79.9. The molecule has 1 heterocycles. The number of halogens is 2. The van der Waals surface area contributed by atoms with Gasteiger partial charge >= 0.3 is 0 Å². The monoisotopic (exact) mass is 326 g/mol. The molecular formula is C15H20BrFN2. The number of hydrogen-bond acceptors (Lipinski definition) is 2. The van der Waals surface area contributed by atoms with Crippen molar-refractivity contribution in [3.05, 3.63) is 34.1 Å². The van der Waals surface area contributed by atoms with Crippen LogP contribution in [0.15, 0.2) is 22.7 Å². The average molecular weight is 327 g/mol. The molecule has 2 fully saturated rings. The summed E-state index contributed by atoms with van der Waals surface area (Å²) in [5.41, 5.74) is 0.742. The Balaban J connectivity index is 1.56. The molecule has 2 nitrogen and oxygen atoms in total. The van der Waals surface area contributed by atoms with E-state index in [0.717, 1.165) is 22.6 Å². The molecule has 2 atom stereocenters. The maximum atomic E-state index is 13.7. The van der Waals surface area contributed by atoms with Gasteiger partial charge in [-0.15, -0.1) is 0 Å². The molecule has 0 spiro atoms. The Hall–Kier alpha value is -0.450. The first-order valence-corrected chi connectivity index (χ1v) is 7.86. The molecule has 104 valence electrons. The van der Waals surface area contributed by atoms with E-state index in [4.69, 9.17) is 0 Å². The fourth-order valence-electron chi connectivity index (χ4n) is 3.05. The third kappa shape index (κ3) is 3.18. The Bertz CT molecular complexity index is 461. The molecule has 1 aliphatic heterocycles. The van der Waals surface area contributed by atoms with Crippen LogP contribution >= 0.6 is 15.9 Å². The van der Waals surface area contributed by atoms with E-state index in [0.29, 0.717) is 18.6 Å². The SMILES string of the molecule is CC1CC(NCc2cc(Br)ccc2F)CN1C1CC1. The van der Waals surface area contributed by atoms with Gasteiger partial charge in [0.1, 0.15) is 5.82 Å². The molecule has 2 aliphatic rings. The largest absolute Gasteiger partial charge is 0.308 e. The minimum atomic E-state index is -0.124. The van der Waals surface area contributed by atoms with Gasteiger partial charge in [-0.1, -0.05) is 15.9 Å². The van der Waals surface area contributed by atoms with Gasteiger partial charge in [0.15, 0.2) is 0 Å². The molecule has 1 aliphatic carbocycles. The standard InChI is InChI=1S/C15H20BrFN2/c1-10-6-13(9-19(10)14-3-4-14)18-8-11-7-12(16)2-5-15(11)17/h2,5,7,10,13-14,18H,3-4,6,8-9H2,1H3. The molecule has 0 aromatic heterocycles. The first kappa shape index (κ1) is 13.5. The summed E-state index contributed by atoms with van der Waals surface area (Å²) >= 11 is 3.39. The van der Waals surface area contributed by atoms with Crippen molar-refractivity contribution >= 4 is 15.9 Å². The number of likely N-dealkylation sites (tertiary alicyclic amines) is 1. The summed E-state index contributed by atoms with van der Waals surface area (Å²) in [6, 6.07) is 7.11. The lowest BCUT2D eigenvalue weighted by Gasteiger charge is -2.19. The fourth-order valence-corrected chi connectivity index (χ4v) is 3.46. The van der Waals surface area contributed by atoms with Crippen LogP contribution < -0.4 is 5.32 Å². The van der Waals surface area contributed by atoms with Crippen LogP contribution in [-0.2, 0) is 6.54 Å². The first-order chi connectivity index (χ1) is 9.13. The second-order valence-corrected chi connectivity index (χ2v) is 6.74. The van der Waals surface area contributed by atoms with Gasteiger partial charge < -0.3 is 5.32 Å². The van der Waals surface area contributed by atoms with Crippen molar-refractivity contribution in [2.75, 3.05) is 6.54 Å². The van der Waals surface area contributed by atoms with Crippen molar-refractivity contribution in [1.82, 2.24) is 10.2 Å². The molecule has 1 saturated carbocycles. The van der Waals surface area contributed by atoms with Gasteiger partial charge in [-0.3, -0.25) is 4.90 Å². The number of benzene rings is 1. The predicted molar refractivity (Wildman–Crippen MR) is 78.5 cm³/mol. The molecule has 0 amide bonds. The smallest absolute Gasteiger partial charge is 0.127 e. The van der Waals surface area contributed by atoms with E-state index in [1.54, 1.807) is 6.07 Å². The van der Waals surface area contributed by atoms with E-state index in [2.05, 4.69) is 33.1 Å². The van der Waals surface area contributed by atoms with Gasteiger partial charge in [0.05, 0.1) is 0 Å². The van der Waals surface area contributed by atoms with Crippen LogP contribution in [0.2, 0.25) is 0 Å². The second-order valence-electron chi connectivity index (χ2n) is 5.83. The van der Waals surface area contributed by atoms with Crippen LogP contribution in [0, 0.1) is 5.82 Å². The number of nitrogens with zero attached hydrogens (tertiary/aromatic N) is 1. The molecule has 0 radical (unpaired) electrons. The Morgan fingerprint density at radius 3 is 2.95 bits per heavy atom. The minimum Gasteiger partial charge on any atom is -0.308 e. The normalized spacial score (nSPS) is 27.9. The van der Waals surface area contributed by atoms with Crippen molar-refractivity contribution in [2.24, 2.45) is 0 Å². The first-order valence-electron chi connectivity index (χ1n) is 7.06. The average Bonchev–Trinajstić information content (AvgIpc) is 3.15. The van der Waals surface area contributed by atoms with Crippen LogP contribution in [0.4, 0.5) is 4.39 Å². The zero-order chi connectivity index (χ0) is 13.4. The van der Waals surface area contributed by atoms with Gasteiger partial charge in [0.2, 0.25) is 0 Å². The fraction of sp³-hybridized carbons (Fsp3) is 0.600. The maximum absolute atomic E-state index is 13.7. The minimum absolute atomic E-state index is 0.124. The lowest BCUT2D eigenvalue weighted by atomic mass is 10.1. The van der Waals surface area contributed by atoms with E-state index in [1.807, 2.05) is 6.07 Å². The lowest BCUT2D eigenvalue weighted by Crippen LogP contribution is -2.34. The third-order valence-electron chi connectivity index (χ3n) is 4.23. The van der Waals surface area contributed by atoms with Crippen LogP contribution in [0.5, 0.6) is 0 Å². The van der Waals surface area contributed by atoms with E-state index in [-0.39, 0.29) is 5.82 Å². The van der Waals surface area contributed by atoms with E-state index >= 15 is 0 Å². The molecule has 3 rings (SSSR count). The van der Waals surface area contributed by atoms with Gasteiger partial charge in [0, 0.05) is 41.3 Å². The van der Waals surface area contributed by atoms with Crippen molar-refractivity contribution < 1.29 is 4.39 Å². The Morgan fingerprint density at radius 1 is 1.42 bits per heavy atom. The molecule has 0 bridgehead atoms. The highest BCUT2D eigenvalue weighted by molar-refractivity contribution is 9.10. The van der Waals surface area contributed by atoms with E-state index < -0.39 is 0 Å². The van der Waals surface area contributed by atoms with E-state index in [1.165, 1.54) is 25.3 Å². The highest BCUT2D eigenvalue weighted by Crippen LogP contribution is 2.33. The summed E-state index contributed by atoms with van der Waals surface area (Å²) in [6.07, 6.45) is 3.89. The number of nitrogens with one attached hydrogen (secondary N) is 1. The summed E-state index contributed by atoms with van der Waals surface area (Å²) < 4.78 is 14.6. The van der Waals surface area contributed by atoms with Gasteiger partial charge in [-0.25, -0.2) is 4.39 Å². The predicted octanol–water partition coefficient (Wildman–Crippen LogP) is 3.30. The van der Waals surface area contributed by atoms with Crippen molar-refractivity contribution in [1.29, 1.82) is 0 Å². The molecule has 4 heteroatoms. The van der Waals surface area contributed by atoms with Gasteiger partial charge in [-0.2, -0.15) is 0 Å².